The normalized spacial score (nSPS) is 14.7. The zero-order chi connectivity index (χ0) is 14.7. The monoisotopic (exact) mass is 342 g/mol. The maximum Gasteiger partial charge on any atom is 0.272 e. The minimum atomic E-state index is -0.00846. The van der Waals surface area contributed by atoms with Gasteiger partial charge >= 0.3 is 0 Å². The zero-order valence-corrected chi connectivity index (χ0v) is 13.1. The first kappa shape index (κ1) is 14.0. The van der Waals surface area contributed by atoms with Crippen LogP contribution in [0.5, 0.6) is 0 Å². The number of halogens is 1. The van der Waals surface area contributed by atoms with Crippen molar-refractivity contribution in [2.75, 3.05) is 13.1 Å². The van der Waals surface area contributed by atoms with E-state index >= 15 is 0 Å². The SMILES string of the molecule is O=C(c1ccc(Br)cn1)N1CC=C(c2ccccc2)CC1. The van der Waals surface area contributed by atoms with Crippen molar-refractivity contribution in [2.24, 2.45) is 0 Å². The highest BCUT2D eigenvalue weighted by Gasteiger charge is 2.19. The van der Waals surface area contributed by atoms with Crippen LogP contribution in [0.15, 0.2) is 59.2 Å². The molecular formula is C17H15BrN2O. The van der Waals surface area contributed by atoms with Gasteiger partial charge in [-0.15, -0.1) is 0 Å². The molecule has 106 valence electrons. The molecule has 0 bridgehead atoms. The predicted molar refractivity (Wildman–Crippen MR) is 86.9 cm³/mol. The number of rotatable bonds is 2. The second-order valence-electron chi connectivity index (χ2n) is 4.96. The van der Waals surface area contributed by atoms with Gasteiger partial charge in [0.15, 0.2) is 0 Å². The molecule has 3 nitrogen and oxygen atoms in total. The lowest BCUT2D eigenvalue weighted by atomic mass is 9.99. The Hall–Kier alpha value is -1.94. The van der Waals surface area contributed by atoms with Gasteiger partial charge in [-0.2, -0.15) is 0 Å². The third kappa shape index (κ3) is 3.22. The largest absolute Gasteiger partial charge is 0.333 e. The molecule has 2 aromatic rings. The maximum absolute atomic E-state index is 12.4. The average molecular weight is 343 g/mol. The van der Waals surface area contributed by atoms with Gasteiger partial charge in [-0.05, 0) is 45.6 Å². The topological polar surface area (TPSA) is 33.2 Å². The van der Waals surface area contributed by atoms with Crippen LogP contribution in [0.3, 0.4) is 0 Å². The van der Waals surface area contributed by atoms with E-state index in [4.69, 9.17) is 0 Å². The number of hydrogen-bond acceptors (Lipinski definition) is 2. The van der Waals surface area contributed by atoms with Crippen LogP contribution in [-0.2, 0) is 0 Å². The number of hydrogen-bond donors (Lipinski definition) is 0. The van der Waals surface area contributed by atoms with Gasteiger partial charge in [-0.1, -0.05) is 36.4 Å². The molecule has 0 N–H and O–H groups in total. The standard InChI is InChI=1S/C17H15BrN2O/c18-15-6-7-16(19-12-15)17(21)20-10-8-14(9-11-20)13-4-2-1-3-5-13/h1-8,12H,9-11H2. The van der Waals surface area contributed by atoms with Crippen LogP contribution in [-0.4, -0.2) is 28.9 Å². The highest BCUT2D eigenvalue weighted by atomic mass is 79.9. The summed E-state index contributed by atoms with van der Waals surface area (Å²) in [4.78, 5) is 18.4. The van der Waals surface area contributed by atoms with E-state index in [1.54, 1.807) is 12.3 Å². The van der Waals surface area contributed by atoms with Crippen LogP contribution in [0.1, 0.15) is 22.5 Å². The lowest BCUT2D eigenvalue weighted by molar-refractivity contribution is 0.0767. The van der Waals surface area contributed by atoms with Gasteiger partial charge in [0.25, 0.3) is 5.91 Å². The van der Waals surface area contributed by atoms with Crippen LogP contribution >= 0.6 is 15.9 Å². The Morgan fingerprint density at radius 2 is 1.95 bits per heavy atom. The van der Waals surface area contributed by atoms with Crippen molar-refractivity contribution in [1.29, 1.82) is 0 Å². The van der Waals surface area contributed by atoms with Crippen LogP contribution in [0, 0.1) is 0 Å². The Morgan fingerprint density at radius 3 is 2.57 bits per heavy atom. The summed E-state index contributed by atoms with van der Waals surface area (Å²) >= 11 is 3.33. The van der Waals surface area contributed by atoms with E-state index in [1.807, 2.05) is 29.2 Å². The van der Waals surface area contributed by atoms with Crippen molar-refractivity contribution < 1.29 is 4.79 Å². The Bertz CT molecular complexity index is 665. The lowest BCUT2D eigenvalue weighted by Gasteiger charge is -2.26. The third-order valence-corrected chi connectivity index (χ3v) is 4.06. The molecule has 0 fully saturated rings. The third-order valence-electron chi connectivity index (χ3n) is 3.59. The van der Waals surface area contributed by atoms with Crippen molar-refractivity contribution in [2.45, 2.75) is 6.42 Å². The minimum Gasteiger partial charge on any atom is -0.333 e. The zero-order valence-electron chi connectivity index (χ0n) is 11.5. The molecule has 0 saturated carbocycles. The maximum atomic E-state index is 12.4. The van der Waals surface area contributed by atoms with Gasteiger partial charge in [0, 0.05) is 23.8 Å². The molecule has 1 aromatic heterocycles. The molecule has 0 atom stereocenters. The first-order valence-electron chi connectivity index (χ1n) is 6.89. The first-order chi connectivity index (χ1) is 10.2. The number of benzene rings is 1. The molecule has 1 aliphatic heterocycles. The molecule has 1 aliphatic rings. The van der Waals surface area contributed by atoms with Gasteiger partial charge in [-0.25, -0.2) is 4.98 Å². The molecule has 21 heavy (non-hydrogen) atoms. The fourth-order valence-electron chi connectivity index (χ4n) is 2.43. The van der Waals surface area contributed by atoms with E-state index in [-0.39, 0.29) is 5.91 Å². The molecule has 1 aromatic carbocycles. The van der Waals surface area contributed by atoms with Crippen molar-refractivity contribution >= 4 is 27.4 Å². The number of carbonyl (C=O) groups is 1. The molecule has 0 spiro atoms. The molecule has 0 radical (unpaired) electrons. The van der Waals surface area contributed by atoms with Gasteiger partial charge < -0.3 is 4.90 Å². The number of pyridine rings is 1. The van der Waals surface area contributed by atoms with Gasteiger partial charge in [0.2, 0.25) is 0 Å². The van der Waals surface area contributed by atoms with Crippen LogP contribution in [0.4, 0.5) is 0 Å². The van der Waals surface area contributed by atoms with Gasteiger partial charge in [-0.3, -0.25) is 4.79 Å². The smallest absolute Gasteiger partial charge is 0.272 e. The van der Waals surface area contributed by atoms with Gasteiger partial charge in [0.05, 0.1) is 0 Å². The molecule has 4 heteroatoms. The van der Waals surface area contributed by atoms with Gasteiger partial charge in [0.1, 0.15) is 5.69 Å². The summed E-state index contributed by atoms with van der Waals surface area (Å²) in [5, 5.41) is 0. The predicted octanol–water partition coefficient (Wildman–Crippen LogP) is 3.77. The van der Waals surface area contributed by atoms with Crippen molar-refractivity contribution in [3.8, 4) is 0 Å². The molecular weight excluding hydrogens is 328 g/mol. The van der Waals surface area contributed by atoms with Crippen molar-refractivity contribution in [3.05, 3.63) is 70.5 Å². The van der Waals surface area contributed by atoms with E-state index in [0.29, 0.717) is 12.2 Å². The first-order valence-corrected chi connectivity index (χ1v) is 7.68. The highest BCUT2D eigenvalue weighted by molar-refractivity contribution is 9.10. The Labute approximate surface area is 132 Å². The number of amides is 1. The van der Waals surface area contributed by atoms with E-state index < -0.39 is 0 Å². The fraction of sp³-hybridized carbons (Fsp3) is 0.176. The summed E-state index contributed by atoms with van der Waals surface area (Å²) < 4.78 is 0.879. The number of carbonyl (C=O) groups excluding carboxylic acids is 1. The summed E-state index contributed by atoms with van der Waals surface area (Å²) in [5.41, 5.74) is 3.05. The average Bonchev–Trinajstić information content (AvgIpc) is 2.56. The summed E-state index contributed by atoms with van der Waals surface area (Å²) in [5.74, 6) is -0.00846. The van der Waals surface area contributed by atoms with Crippen molar-refractivity contribution in [3.63, 3.8) is 0 Å². The lowest BCUT2D eigenvalue weighted by Crippen LogP contribution is -2.35. The molecule has 2 heterocycles. The fourth-order valence-corrected chi connectivity index (χ4v) is 2.67. The van der Waals surface area contributed by atoms with Crippen molar-refractivity contribution in [1.82, 2.24) is 9.88 Å². The summed E-state index contributed by atoms with van der Waals surface area (Å²) in [7, 11) is 0. The second-order valence-corrected chi connectivity index (χ2v) is 5.87. The van der Waals surface area contributed by atoms with Crippen LogP contribution < -0.4 is 0 Å². The molecule has 0 aliphatic carbocycles. The highest BCUT2D eigenvalue weighted by Crippen LogP contribution is 2.22. The number of nitrogens with zero attached hydrogens (tertiary/aromatic N) is 2. The molecule has 0 unspecified atom stereocenters. The van der Waals surface area contributed by atoms with E-state index in [0.717, 1.165) is 17.4 Å². The Kier molecular flexibility index (Phi) is 4.15. The van der Waals surface area contributed by atoms with Crippen LogP contribution in [0.25, 0.3) is 5.57 Å². The van der Waals surface area contributed by atoms with E-state index in [9.17, 15) is 4.79 Å². The van der Waals surface area contributed by atoms with E-state index in [1.165, 1.54) is 11.1 Å². The molecule has 0 saturated heterocycles. The van der Waals surface area contributed by atoms with Crippen LogP contribution in [0.2, 0.25) is 0 Å². The number of aromatic nitrogens is 1. The summed E-state index contributed by atoms with van der Waals surface area (Å²) in [6, 6.07) is 13.9. The summed E-state index contributed by atoms with van der Waals surface area (Å²) in [6.07, 6.45) is 4.67. The molecule has 3 rings (SSSR count). The van der Waals surface area contributed by atoms with E-state index in [2.05, 4.69) is 39.1 Å². The summed E-state index contributed by atoms with van der Waals surface area (Å²) in [6.45, 7) is 1.37. The Morgan fingerprint density at radius 1 is 1.14 bits per heavy atom. The quantitative estimate of drug-likeness (QED) is 0.832. The minimum absolute atomic E-state index is 0.00846. The second kappa shape index (κ2) is 6.22. The molecule has 1 amide bonds. The Balaban J connectivity index is 1.72.